The number of hydrogen-bond acceptors (Lipinski definition) is 2. The lowest BCUT2D eigenvalue weighted by molar-refractivity contribution is -0.139. The Kier molecular flexibility index (Phi) is 4.99. The van der Waals surface area contributed by atoms with Crippen molar-refractivity contribution < 1.29 is 9.90 Å². The van der Waals surface area contributed by atoms with Gasteiger partial charge in [0.2, 0.25) is 0 Å². The highest BCUT2D eigenvalue weighted by atomic mass is 16.4. The molecule has 0 saturated heterocycles. The summed E-state index contributed by atoms with van der Waals surface area (Å²) in [5, 5.41) is 8.93. The fourth-order valence-electron chi connectivity index (χ4n) is 1.90. The van der Waals surface area contributed by atoms with Crippen LogP contribution in [0.25, 0.3) is 0 Å². The van der Waals surface area contributed by atoms with Gasteiger partial charge in [0.25, 0.3) is 0 Å². The summed E-state index contributed by atoms with van der Waals surface area (Å²) in [5.74, 6) is -0.890. The fourth-order valence-corrected chi connectivity index (χ4v) is 1.90. The van der Waals surface area contributed by atoms with E-state index in [2.05, 4.69) is 0 Å². The maximum absolute atomic E-state index is 10.9. The van der Waals surface area contributed by atoms with Crippen LogP contribution in [0.3, 0.4) is 0 Å². The van der Waals surface area contributed by atoms with Gasteiger partial charge in [-0.15, -0.1) is 0 Å². The van der Waals surface area contributed by atoms with Crippen LogP contribution < -0.4 is 5.73 Å². The third-order valence-corrected chi connectivity index (χ3v) is 2.79. The van der Waals surface area contributed by atoms with Gasteiger partial charge in [-0.1, -0.05) is 43.7 Å². The van der Waals surface area contributed by atoms with Gasteiger partial charge in [-0.3, -0.25) is 4.79 Å². The molecule has 0 amide bonds. The predicted molar refractivity (Wildman–Crippen MR) is 64.2 cm³/mol. The summed E-state index contributed by atoms with van der Waals surface area (Å²) in [6, 6.07) is 9.14. The number of nitrogens with two attached hydrogens (primary N) is 1. The molecule has 2 unspecified atom stereocenters. The molecule has 0 aromatic heterocycles. The van der Waals surface area contributed by atoms with Gasteiger partial charge in [0.1, 0.15) is 6.04 Å². The molecule has 88 valence electrons. The molecule has 1 rings (SSSR count). The van der Waals surface area contributed by atoms with E-state index in [9.17, 15) is 4.79 Å². The normalized spacial score (nSPS) is 14.4. The van der Waals surface area contributed by atoms with Gasteiger partial charge in [0, 0.05) is 0 Å². The summed E-state index contributed by atoms with van der Waals surface area (Å²) in [6.45, 7) is 2.05. The van der Waals surface area contributed by atoms with Crippen LogP contribution >= 0.6 is 0 Å². The zero-order valence-electron chi connectivity index (χ0n) is 9.60. The first-order valence-electron chi connectivity index (χ1n) is 5.67. The third kappa shape index (κ3) is 3.66. The predicted octanol–water partition coefficient (Wildman–Crippen LogP) is 2.06. The molecule has 3 heteroatoms. The number of rotatable bonds is 6. The molecular formula is C13H19NO2. The SMILES string of the molecule is CCCC(Cc1ccccc1)C(N)C(=O)O. The van der Waals surface area contributed by atoms with Crippen LogP contribution in [0, 0.1) is 5.92 Å². The average molecular weight is 221 g/mol. The van der Waals surface area contributed by atoms with Crippen molar-refractivity contribution >= 4 is 5.97 Å². The molecule has 0 fully saturated rings. The topological polar surface area (TPSA) is 63.3 Å². The minimum absolute atomic E-state index is 0.0184. The van der Waals surface area contributed by atoms with Crippen LogP contribution in [-0.4, -0.2) is 17.1 Å². The number of aliphatic carboxylic acids is 1. The number of hydrogen-bond donors (Lipinski definition) is 2. The monoisotopic (exact) mass is 221 g/mol. The molecule has 16 heavy (non-hydrogen) atoms. The Labute approximate surface area is 96.3 Å². The molecule has 0 aliphatic heterocycles. The lowest BCUT2D eigenvalue weighted by atomic mass is 9.89. The van der Waals surface area contributed by atoms with Gasteiger partial charge in [0.05, 0.1) is 0 Å². The Hall–Kier alpha value is -1.35. The molecule has 3 nitrogen and oxygen atoms in total. The second-order valence-electron chi connectivity index (χ2n) is 4.10. The molecule has 1 aromatic rings. The molecule has 0 saturated carbocycles. The fraction of sp³-hybridized carbons (Fsp3) is 0.462. The first kappa shape index (κ1) is 12.7. The summed E-state index contributed by atoms with van der Waals surface area (Å²) in [4.78, 5) is 10.9. The quantitative estimate of drug-likeness (QED) is 0.772. The van der Waals surface area contributed by atoms with Gasteiger partial charge in [0.15, 0.2) is 0 Å². The number of carbonyl (C=O) groups is 1. The van der Waals surface area contributed by atoms with Crippen molar-refractivity contribution in [2.75, 3.05) is 0 Å². The Balaban J connectivity index is 2.68. The summed E-state index contributed by atoms with van der Waals surface area (Å²) in [5.41, 5.74) is 6.85. The standard InChI is InChI=1S/C13H19NO2/c1-2-6-11(12(14)13(15)16)9-10-7-4-3-5-8-10/h3-5,7-8,11-12H,2,6,9,14H2,1H3,(H,15,16). The van der Waals surface area contributed by atoms with Gasteiger partial charge in [-0.2, -0.15) is 0 Å². The van der Waals surface area contributed by atoms with Crippen LogP contribution in [0.5, 0.6) is 0 Å². The Bertz CT molecular complexity index is 324. The van der Waals surface area contributed by atoms with Crippen LogP contribution in [0.2, 0.25) is 0 Å². The highest BCUT2D eigenvalue weighted by Crippen LogP contribution is 2.17. The number of carboxylic acids is 1. The highest BCUT2D eigenvalue weighted by Gasteiger charge is 2.23. The van der Waals surface area contributed by atoms with E-state index in [0.717, 1.165) is 24.8 Å². The summed E-state index contributed by atoms with van der Waals surface area (Å²) < 4.78 is 0. The summed E-state index contributed by atoms with van der Waals surface area (Å²) in [7, 11) is 0. The molecule has 0 heterocycles. The van der Waals surface area contributed by atoms with Crippen molar-refractivity contribution in [3.8, 4) is 0 Å². The minimum Gasteiger partial charge on any atom is -0.480 e. The maximum atomic E-state index is 10.9. The summed E-state index contributed by atoms with van der Waals surface area (Å²) in [6.07, 6.45) is 2.54. The van der Waals surface area contributed by atoms with Gasteiger partial charge >= 0.3 is 5.97 Å². The zero-order chi connectivity index (χ0) is 12.0. The molecule has 0 radical (unpaired) electrons. The Morgan fingerprint density at radius 1 is 1.38 bits per heavy atom. The first-order valence-corrected chi connectivity index (χ1v) is 5.67. The summed E-state index contributed by atoms with van der Waals surface area (Å²) >= 11 is 0. The van der Waals surface area contributed by atoms with Crippen molar-refractivity contribution in [3.05, 3.63) is 35.9 Å². The average Bonchev–Trinajstić information content (AvgIpc) is 2.29. The van der Waals surface area contributed by atoms with Crippen molar-refractivity contribution in [1.29, 1.82) is 0 Å². The molecule has 0 spiro atoms. The first-order chi connectivity index (χ1) is 7.65. The zero-order valence-corrected chi connectivity index (χ0v) is 9.60. The van der Waals surface area contributed by atoms with E-state index >= 15 is 0 Å². The minimum atomic E-state index is -0.908. The van der Waals surface area contributed by atoms with E-state index in [4.69, 9.17) is 10.8 Å². The van der Waals surface area contributed by atoms with E-state index in [1.807, 2.05) is 37.3 Å². The van der Waals surface area contributed by atoms with Crippen molar-refractivity contribution in [1.82, 2.24) is 0 Å². The molecule has 0 aliphatic carbocycles. The van der Waals surface area contributed by atoms with Gasteiger partial charge in [-0.25, -0.2) is 0 Å². The van der Waals surface area contributed by atoms with E-state index in [1.165, 1.54) is 0 Å². The van der Waals surface area contributed by atoms with Gasteiger partial charge in [-0.05, 0) is 24.3 Å². The largest absolute Gasteiger partial charge is 0.480 e. The lowest BCUT2D eigenvalue weighted by Crippen LogP contribution is -2.39. The van der Waals surface area contributed by atoms with E-state index in [0.29, 0.717) is 0 Å². The van der Waals surface area contributed by atoms with E-state index in [-0.39, 0.29) is 5.92 Å². The Morgan fingerprint density at radius 3 is 2.50 bits per heavy atom. The molecule has 1 aromatic carbocycles. The Morgan fingerprint density at radius 2 is 2.00 bits per heavy atom. The maximum Gasteiger partial charge on any atom is 0.320 e. The van der Waals surface area contributed by atoms with Crippen molar-refractivity contribution in [2.24, 2.45) is 11.7 Å². The van der Waals surface area contributed by atoms with Crippen molar-refractivity contribution in [2.45, 2.75) is 32.2 Å². The van der Waals surface area contributed by atoms with Crippen LogP contribution in [0.4, 0.5) is 0 Å². The molecule has 3 N–H and O–H groups in total. The van der Waals surface area contributed by atoms with Crippen LogP contribution in [0.15, 0.2) is 30.3 Å². The third-order valence-electron chi connectivity index (χ3n) is 2.79. The molecule has 0 bridgehead atoms. The second-order valence-corrected chi connectivity index (χ2v) is 4.10. The number of benzene rings is 1. The van der Waals surface area contributed by atoms with Crippen LogP contribution in [-0.2, 0) is 11.2 Å². The van der Waals surface area contributed by atoms with E-state index < -0.39 is 12.0 Å². The van der Waals surface area contributed by atoms with E-state index in [1.54, 1.807) is 0 Å². The molecular weight excluding hydrogens is 202 g/mol. The highest BCUT2D eigenvalue weighted by molar-refractivity contribution is 5.73. The van der Waals surface area contributed by atoms with Crippen LogP contribution in [0.1, 0.15) is 25.3 Å². The molecule has 0 aliphatic rings. The lowest BCUT2D eigenvalue weighted by Gasteiger charge is -2.20. The molecule has 2 atom stereocenters. The van der Waals surface area contributed by atoms with Crippen molar-refractivity contribution in [3.63, 3.8) is 0 Å². The smallest absolute Gasteiger partial charge is 0.320 e. The second kappa shape index (κ2) is 6.28. The number of carboxylic acid groups (broad SMARTS) is 1. The van der Waals surface area contributed by atoms with Gasteiger partial charge < -0.3 is 10.8 Å².